The zero-order chi connectivity index (χ0) is 25.2. The molecular formula is C30H21BrN2O3. The number of nitrogens with one attached hydrogen (secondary N) is 1. The van der Waals surface area contributed by atoms with E-state index in [1.54, 1.807) is 12.1 Å². The SMILES string of the molecule is Cc1c(-c2ccccc2)nc2ccc(Br)cc2c1C(=O)Nc1ccc(C(=O)O)cc1-c1ccccc1. The van der Waals surface area contributed by atoms with Gasteiger partial charge < -0.3 is 10.4 Å². The van der Waals surface area contributed by atoms with Crippen LogP contribution in [0.2, 0.25) is 0 Å². The van der Waals surface area contributed by atoms with Gasteiger partial charge in [-0.3, -0.25) is 4.79 Å². The van der Waals surface area contributed by atoms with E-state index in [0.717, 1.165) is 32.2 Å². The van der Waals surface area contributed by atoms with Crippen LogP contribution in [0.3, 0.4) is 0 Å². The van der Waals surface area contributed by atoms with Gasteiger partial charge in [-0.05, 0) is 54.4 Å². The molecule has 6 heteroatoms. The van der Waals surface area contributed by atoms with Crippen molar-refractivity contribution in [2.24, 2.45) is 0 Å². The van der Waals surface area contributed by atoms with Crippen molar-refractivity contribution in [2.45, 2.75) is 6.92 Å². The van der Waals surface area contributed by atoms with Crippen LogP contribution in [0.25, 0.3) is 33.3 Å². The first-order valence-electron chi connectivity index (χ1n) is 11.3. The quantitative estimate of drug-likeness (QED) is 0.242. The highest BCUT2D eigenvalue weighted by Gasteiger charge is 2.21. The Balaban J connectivity index is 1.67. The van der Waals surface area contributed by atoms with Gasteiger partial charge in [-0.25, -0.2) is 9.78 Å². The first-order valence-corrected chi connectivity index (χ1v) is 12.1. The lowest BCUT2D eigenvalue weighted by Gasteiger charge is -2.17. The van der Waals surface area contributed by atoms with E-state index in [9.17, 15) is 14.7 Å². The van der Waals surface area contributed by atoms with E-state index in [1.165, 1.54) is 6.07 Å². The van der Waals surface area contributed by atoms with E-state index in [-0.39, 0.29) is 11.5 Å². The Labute approximate surface area is 216 Å². The lowest BCUT2D eigenvalue weighted by molar-refractivity contribution is 0.0696. The van der Waals surface area contributed by atoms with Gasteiger partial charge in [0.05, 0.1) is 22.3 Å². The van der Waals surface area contributed by atoms with E-state index in [4.69, 9.17) is 4.98 Å². The third-order valence-electron chi connectivity index (χ3n) is 6.06. The van der Waals surface area contributed by atoms with Gasteiger partial charge in [0, 0.05) is 26.7 Å². The number of carboxylic acids is 1. The van der Waals surface area contributed by atoms with Crippen LogP contribution in [0.1, 0.15) is 26.3 Å². The number of hydrogen-bond donors (Lipinski definition) is 2. The summed E-state index contributed by atoms with van der Waals surface area (Å²) in [7, 11) is 0. The van der Waals surface area contributed by atoms with E-state index >= 15 is 0 Å². The van der Waals surface area contributed by atoms with Crippen LogP contribution >= 0.6 is 15.9 Å². The number of nitrogens with zero attached hydrogens (tertiary/aromatic N) is 1. The average molecular weight is 537 g/mol. The topological polar surface area (TPSA) is 79.3 Å². The van der Waals surface area contributed by atoms with Crippen LogP contribution in [0.15, 0.2) is 102 Å². The largest absolute Gasteiger partial charge is 0.478 e. The molecule has 0 atom stereocenters. The molecule has 36 heavy (non-hydrogen) atoms. The van der Waals surface area contributed by atoms with Crippen molar-refractivity contribution in [1.29, 1.82) is 0 Å². The average Bonchev–Trinajstić information content (AvgIpc) is 2.89. The normalized spacial score (nSPS) is 10.8. The van der Waals surface area contributed by atoms with Crippen molar-refractivity contribution in [1.82, 2.24) is 4.98 Å². The second-order valence-corrected chi connectivity index (χ2v) is 9.29. The first kappa shape index (κ1) is 23.5. The summed E-state index contributed by atoms with van der Waals surface area (Å²) in [4.78, 5) is 30.4. The maximum Gasteiger partial charge on any atom is 0.335 e. The van der Waals surface area contributed by atoms with Crippen LogP contribution in [0, 0.1) is 6.92 Å². The van der Waals surface area contributed by atoms with Crippen LogP contribution < -0.4 is 5.32 Å². The molecular weight excluding hydrogens is 516 g/mol. The Morgan fingerprint density at radius 1 is 0.833 bits per heavy atom. The van der Waals surface area contributed by atoms with E-state index < -0.39 is 5.97 Å². The fourth-order valence-electron chi connectivity index (χ4n) is 4.33. The minimum absolute atomic E-state index is 0.146. The first-order chi connectivity index (χ1) is 17.4. The van der Waals surface area contributed by atoms with Gasteiger partial charge in [0.25, 0.3) is 5.91 Å². The predicted octanol–water partition coefficient (Wildman–Crippen LogP) is 7.59. The van der Waals surface area contributed by atoms with E-state index in [2.05, 4.69) is 21.2 Å². The molecule has 1 amide bonds. The van der Waals surface area contributed by atoms with Gasteiger partial charge in [0.15, 0.2) is 0 Å². The van der Waals surface area contributed by atoms with E-state index in [1.807, 2.05) is 85.8 Å². The standard InChI is InChI=1S/C30H21BrN2O3/c1-18-27(24-17-22(31)13-15-26(24)32-28(18)20-10-6-3-7-11-20)29(34)33-25-14-12-21(30(35)36)16-23(25)19-8-4-2-5-9-19/h2-17H,1H3,(H,33,34)(H,35,36). The molecule has 5 rings (SSSR count). The lowest BCUT2D eigenvalue weighted by atomic mass is 9.96. The van der Waals surface area contributed by atoms with Gasteiger partial charge >= 0.3 is 5.97 Å². The number of rotatable bonds is 5. The Hall–Kier alpha value is -4.29. The summed E-state index contributed by atoms with van der Waals surface area (Å²) in [5, 5.41) is 13.3. The molecule has 0 aliphatic rings. The number of carbonyl (C=O) groups excluding carboxylic acids is 1. The van der Waals surface area contributed by atoms with Crippen molar-refractivity contribution < 1.29 is 14.7 Å². The number of aromatic carboxylic acids is 1. The monoisotopic (exact) mass is 536 g/mol. The summed E-state index contributed by atoms with van der Waals surface area (Å²) in [6.45, 7) is 1.90. The molecule has 0 fully saturated rings. The van der Waals surface area contributed by atoms with Crippen molar-refractivity contribution in [3.8, 4) is 22.4 Å². The fourth-order valence-corrected chi connectivity index (χ4v) is 4.69. The maximum atomic E-state index is 13.9. The molecule has 0 radical (unpaired) electrons. The van der Waals surface area contributed by atoms with Crippen LogP contribution in [-0.2, 0) is 0 Å². The second-order valence-electron chi connectivity index (χ2n) is 8.37. The number of aromatic nitrogens is 1. The Morgan fingerprint density at radius 2 is 1.50 bits per heavy atom. The zero-order valence-corrected chi connectivity index (χ0v) is 20.9. The molecule has 0 unspecified atom stereocenters. The van der Waals surface area contributed by atoms with Crippen LogP contribution in [-0.4, -0.2) is 22.0 Å². The Bertz CT molecular complexity index is 1620. The molecule has 1 heterocycles. The van der Waals surface area contributed by atoms with Gasteiger partial charge in [0.1, 0.15) is 0 Å². The molecule has 0 saturated heterocycles. The van der Waals surface area contributed by atoms with Crippen LogP contribution in [0.4, 0.5) is 5.69 Å². The van der Waals surface area contributed by atoms with Gasteiger partial charge in [-0.2, -0.15) is 0 Å². The number of carboxylic acid groups (broad SMARTS) is 1. The molecule has 5 aromatic rings. The summed E-state index contributed by atoms with van der Waals surface area (Å²) in [5.74, 6) is -1.33. The number of benzene rings is 4. The second kappa shape index (κ2) is 9.76. The highest BCUT2D eigenvalue weighted by atomic mass is 79.9. The molecule has 5 nitrogen and oxygen atoms in total. The summed E-state index contributed by atoms with van der Waals surface area (Å²) in [6.07, 6.45) is 0. The molecule has 4 aromatic carbocycles. The fraction of sp³-hybridized carbons (Fsp3) is 0.0333. The third kappa shape index (κ3) is 4.51. The van der Waals surface area contributed by atoms with Crippen molar-refractivity contribution in [2.75, 3.05) is 5.32 Å². The molecule has 2 N–H and O–H groups in total. The Kier molecular flexibility index (Phi) is 6.36. The zero-order valence-electron chi connectivity index (χ0n) is 19.3. The molecule has 0 spiro atoms. The summed E-state index contributed by atoms with van der Waals surface area (Å²) < 4.78 is 0.841. The number of halogens is 1. The van der Waals surface area contributed by atoms with Gasteiger partial charge in [-0.1, -0.05) is 76.6 Å². The minimum atomic E-state index is -1.03. The Morgan fingerprint density at radius 3 is 2.17 bits per heavy atom. The predicted molar refractivity (Wildman–Crippen MR) is 146 cm³/mol. The van der Waals surface area contributed by atoms with Gasteiger partial charge in [-0.15, -0.1) is 0 Å². The third-order valence-corrected chi connectivity index (χ3v) is 6.56. The number of carbonyl (C=O) groups is 2. The summed E-state index contributed by atoms with van der Waals surface area (Å²) in [6, 6.07) is 29.6. The van der Waals surface area contributed by atoms with Crippen molar-refractivity contribution >= 4 is 44.4 Å². The lowest BCUT2D eigenvalue weighted by Crippen LogP contribution is -2.16. The molecule has 0 aliphatic heterocycles. The summed E-state index contributed by atoms with van der Waals surface area (Å²) in [5.41, 5.74) is 5.74. The number of pyridine rings is 1. The highest BCUT2D eigenvalue weighted by molar-refractivity contribution is 9.10. The maximum absolute atomic E-state index is 13.9. The number of fused-ring (bicyclic) bond motifs is 1. The number of amides is 1. The number of hydrogen-bond acceptors (Lipinski definition) is 3. The molecule has 1 aromatic heterocycles. The summed E-state index contributed by atoms with van der Waals surface area (Å²) >= 11 is 3.52. The molecule has 0 saturated carbocycles. The van der Waals surface area contributed by atoms with E-state index in [0.29, 0.717) is 22.3 Å². The van der Waals surface area contributed by atoms with Crippen molar-refractivity contribution in [3.05, 3.63) is 118 Å². The molecule has 176 valence electrons. The number of anilines is 1. The highest BCUT2D eigenvalue weighted by Crippen LogP contribution is 2.34. The van der Waals surface area contributed by atoms with Crippen molar-refractivity contribution in [3.63, 3.8) is 0 Å². The molecule has 0 bridgehead atoms. The minimum Gasteiger partial charge on any atom is -0.478 e. The molecule has 0 aliphatic carbocycles. The smallest absolute Gasteiger partial charge is 0.335 e. The van der Waals surface area contributed by atoms with Gasteiger partial charge in [0.2, 0.25) is 0 Å². The van der Waals surface area contributed by atoms with Crippen LogP contribution in [0.5, 0.6) is 0 Å².